The van der Waals surface area contributed by atoms with Crippen LogP contribution in [0.25, 0.3) is 0 Å². The summed E-state index contributed by atoms with van der Waals surface area (Å²) in [7, 11) is -3.64. The third-order valence-corrected chi connectivity index (χ3v) is 5.80. The van der Waals surface area contributed by atoms with E-state index in [4.69, 9.17) is 0 Å². The minimum absolute atomic E-state index is 0.0442. The summed E-state index contributed by atoms with van der Waals surface area (Å²) in [5, 5.41) is 2.69. The van der Waals surface area contributed by atoms with Crippen molar-refractivity contribution < 1.29 is 13.2 Å². The number of hydrogen-bond donors (Lipinski definition) is 1. The van der Waals surface area contributed by atoms with Crippen molar-refractivity contribution in [3.05, 3.63) is 28.7 Å². The molecule has 0 saturated carbocycles. The molecule has 1 fully saturated rings. The standard InChI is InChI=1S/C16H25N3O4S/c1-13(2)17-15(20)12-18-11-14(7-8-16(18)21)24(22,23)19-9-5-3-4-6-10-19/h7-8,11,13H,3-6,9-10,12H2,1-2H3,(H,17,20). The number of carbonyl (C=O) groups is 1. The Bertz CT molecular complexity index is 732. The van der Waals surface area contributed by atoms with Gasteiger partial charge in [-0.3, -0.25) is 9.59 Å². The first kappa shape index (κ1) is 18.7. The molecule has 0 unspecified atom stereocenters. The van der Waals surface area contributed by atoms with Gasteiger partial charge < -0.3 is 9.88 Å². The van der Waals surface area contributed by atoms with E-state index in [0.29, 0.717) is 13.1 Å². The molecule has 1 aromatic rings. The van der Waals surface area contributed by atoms with Gasteiger partial charge in [-0.15, -0.1) is 0 Å². The van der Waals surface area contributed by atoms with E-state index in [1.54, 1.807) is 0 Å². The Labute approximate surface area is 142 Å². The highest BCUT2D eigenvalue weighted by Gasteiger charge is 2.25. The third-order valence-electron chi connectivity index (χ3n) is 3.92. The van der Waals surface area contributed by atoms with Crippen LogP contribution in [-0.4, -0.2) is 42.3 Å². The van der Waals surface area contributed by atoms with Crippen LogP contribution in [0, 0.1) is 0 Å². The summed E-state index contributed by atoms with van der Waals surface area (Å²) in [5.74, 6) is -0.323. The molecule has 0 radical (unpaired) electrons. The number of amides is 1. The fraction of sp³-hybridized carbons (Fsp3) is 0.625. The lowest BCUT2D eigenvalue weighted by Crippen LogP contribution is -2.37. The number of carbonyl (C=O) groups excluding carboxylic acids is 1. The average molecular weight is 355 g/mol. The maximum absolute atomic E-state index is 12.8. The molecule has 0 atom stereocenters. The third kappa shape index (κ3) is 4.67. The Morgan fingerprint density at radius 2 is 1.79 bits per heavy atom. The molecule has 24 heavy (non-hydrogen) atoms. The molecule has 7 nitrogen and oxygen atoms in total. The molecule has 0 aliphatic carbocycles. The second-order valence-electron chi connectivity index (χ2n) is 6.37. The van der Waals surface area contributed by atoms with Crippen LogP contribution < -0.4 is 10.9 Å². The zero-order valence-electron chi connectivity index (χ0n) is 14.2. The number of nitrogens with zero attached hydrogens (tertiary/aromatic N) is 2. The summed E-state index contributed by atoms with van der Waals surface area (Å²) in [5.41, 5.74) is -0.399. The van der Waals surface area contributed by atoms with E-state index in [9.17, 15) is 18.0 Å². The molecule has 2 rings (SSSR count). The highest BCUT2D eigenvalue weighted by Crippen LogP contribution is 2.19. The Kier molecular flexibility index (Phi) is 6.17. The van der Waals surface area contributed by atoms with Crippen LogP contribution in [0.1, 0.15) is 39.5 Å². The molecule has 0 aromatic carbocycles. The molecule has 1 amide bonds. The van der Waals surface area contributed by atoms with E-state index in [1.165, 1.54) is 22.6 Å². The summed E-state index contributed by atoms with van der Waals surface area (Å²) in [4.78, 5) is 23.8. The smallest absolute Gasteiger partial charge is 0.251 e. The largest absolute Gasteiger partial charge is 0.352 e. The van der Waals surface area contributed by atoms with Crippen LogP contribution in [-0.2, 0) is 21.4 Å². The summed E-state index contributed by atoms with van der Waals surface area (Å²) >= 11 is 0. The van der Waals surface area contributed by atoms with Crippen LogP contribution in [0.4, 0.5) is 0 Å². The van der Waals surface area contributed by atoms with Gasteiger partial charge in [0, 0.05) is 31.4 Å². The van der Waals surface area contributed by atoms with Crippen molar-refractivity contribution in [2.24, 2.45) is 0 Å². The minimum Gasteiger partial charge on any atom is -0.352 e. The predicted octanol–water partition coefficient (Wildman–Crippen LogP) is 0.938. The van der Waals surface area contributed by atoms with Crippen LogP contribution >= 0.6 is 0 Å². The number of aromatic nitrogens is 1. The number of sulfonamides is 1. The highest BCUT2D eigenvalue weighted by atomic mass is 32.2. The highest BCUT2D eigenvalue weighted by molar-refractivity contribution is 7.89. The molecule has 2 heterocycles. The normalized spacial score (nSPS) is 16.8. The molecular formula is C16H25N3O4S. The second-order valence-corrected chi connectivity index (χ2v) is 8.31. The molecule has 134 valence electrons. The SMILES string of the molecule is CC(C)NC(=O)Cn1cc(S(=O)(=O)N2CCCCCC2)ccc1=O. The van der Waals surface area contributed by atoms with Gasteiger partial charge in [-0.1, -0.05) is 12.8 Å². The van der Waals surface area contributed by atoms with E-state index >= 15 is 0 Å². The van der Waals surface area contributed by atoms with Crippen molar-refractivity contribution in [2.45, 2.75) is 57.0 Å². The quantitative estimate of drug-likeness (QED) is 0.851. The Balaban J connectivity index is 2.26. The summed E-state index contributed by atoms with van der Waals surface area (Å²) in [6, 6.07) is 2.48. The lowest BCUT2D eigenvalue weighted by Gasteiger charge is -2.20. The van der Waals surface area contributed by atoms with Crippen LogP contribution in [0.15, 0.2) is 28.0 Å². The molecule has 0 bridgehead atoms. The van der Waals surface area contributed by atoms with Crippen molar-refractivity contribution in [3.8, 4) is 0 Å². The van der Waals surface area contributed by atoms with Crippen LogP contribution in [0.5, 0.6) is 0 Å². The molecule has 0 spiro atoms. The number of pyridine rings is 1. The first-order valence-electron chi connectivity index (χ1n) is 8.31. The number of nitrogens with one attached hydrogen (secondary N) is 1. The summed E-state index contributed by atoms with van der Waals surface area (Å²) in [6.45, 7) is 4.44. The summed E-state index contributed by atoms with van der Waals surface area (Å²) < 4.78 is 28.2. The van der Waals surface area contributed by atoms with E-state index in [-0.39, 0.29) is 23.4 Å². The van der Waals surface area contributed by atoms with Gasteiger partial charge in [-0.05, 0) is 32.8 Å². The Morgan fingerprint density at radius 1 is 1.17 bits per heavy atom. The Morgan fingerprint density at radius 3 is 2.38 bits per heavy atom. The van der Waals surface area contributed by atoms with Crippen molar-refractivity contribution in [2.75, 3.05) is 13.1 Å². The fourth-order valence-electron chi connectivity index (χ4n) is 2.74. The first-order valence-corrected chi connectivity index (χ1v) is 9.75. The van der Waals surface area contributed by atoms with Gasteiger partial charge in [-0.2, -0.15) is 4.31 Å². The van der Waals surface area contributed by atoms with E-state index in [2.05, 4.69) is 5.32 Å². The van der Waals surface area contributed by atoms with Gasteiger partial charge in [0.05, 0.1) is 4.90 Å². The van der Waals surface area contributed by atoms with Crippen molar-refractivity contribution in [3.63, 3.8) is 0 Å². The molecule has 1 aliphatic heterocycles. The van der Waals surface area contributed by atoms with Crippen LogP contribution in [0.3, 0.4) is 0 Å². The van der Waals surface area contributed by atoms with E-state index in [1.807, 2.05) is 13.8 Å². The maximum atomic E-state index is 12.8. The lowest BCUT2D eigenvalue weighted by molar-refractivity contribution is -0.122. The molecule has 1 saturated heterocycles. The van der Waals surface area contributed by atoms with Gasteiger partial charge in [0.1, 0.15) is 6.54 Å². The molecule has 1 aromatic heterocycles. The summed E-state index contributed by atoms with van der Waals surface area (Å²) in [6.07, 6.45) is 5.01. The second kappa shape index (κ2) is 7.94. The zero-order chi connectivity index (χ0) is 17.7. The van der Waals surface area contributed by atoms with Gasteiger partial charge in [0.2, 0.25) is 15.9 Å². The van der Waals surface area contributed by atoms with Crippen molar-refractivity contribution in [1.29, 1.82) is 0 Å². The number of hydrogen-bond acceptors (Lipinski definition) is 4. The van der Waals surface area contributed by atoms with Gasteiger partial charge >= 0.3 is 0 Å². The Hall–Kier alpha value is -1.67. The first-order chi connectivity index (χ1) is 11.3. The lowest BCUT2D eigenvalue weighted by atomic mass is 10.2. The average Bonchev–Trinajstić information content (AvgIpc) is 2.78. The van der Waals surface area contributed by atoms with Gasteiger partial charge in [-0.25, -0.2) is 8.42 Å². The molecular weight excluding hydrogens is 330 g/mol. The molecule has 8 heteroatoms. The molecule has 1 aliphatic rings. The van der Waals surface area contributed by atoms with Crippen molar-refractivity contribution in [1.82, 2.24) is 14.2 Å². The predicted molar refractivity (Wildman–Crippen MR) is 91.2 cm³/mol. The molecule has 1 N–H and O–H groups in total. The van der Waals surface area contributed by atoms with E-state index in [0.717, 1.165) is 30.3 Å². The van der Waals surface area contributed by atoms with Crippen molar-refractivity contribution >= 4 is 15.9 Å². The zero-order valence-corrected chi connectivity index (χ0v) is 15.0. The van der Waals surface area contributed by atoms with Gasteiger partial charge in [0.25, 0.3) is 5.56 Å². The maximum Gasteiger partial charge on any atom is 0.251 e. The topological polar surface area (TPSA) is 88.5 Å². The van der Waals surface area contributed by atoms with Crippen LogP contribution in [0.2, 0.25) is 0 Å². The fourth-order valence-corrected chi connectivity index (χ4v) is 4.28. The number of rotatable bonds is 5. The monoisotopic (exact) mass is 355 g/mol. The van der Waals surface area contributed by atoms with Gasteiger partial charge in [0.15, 0.2) is 0 Å². The van der Waals surface area contributed by atoms with E-state index < -0.39 is 15.6 Å². The minimum atomic E-state index is -3.64.